The van der Waals surface area contributed by atoms with Gasteiger partial charge in [-0.1, -0.05) is 18.2 Å². The van der Waals surface area contributed by atoms with Crippen molar-refractivity contribution >= 4 is 24.4 Å². The average molecular weight is 410 g/mol. The Labute approximate surface area is 169 Å². The third-order valence-electron chi connectivity index (χ3n) is 4.35. The van der Waals surface area contributed by atoms with Crippen molar-refractivity contribution in [3.63, 3.8) is 0 Å². The van der Waals surface area contributed by atoms with Crippen LogP contribution in [-0.2, 0) is 4.79 Å². The van der Waals surface area contributed by atoms with Crippen molar-refractivity contribution < 1.29 is 19.4 Å². The number of nitrogens with two attached hydrogens (primary N) is 1. The molecule has 10 heteroatoms. The number of aromatic nitrogens is 2. The number of hydrogen-bond acceptors (Lipinski definition) is 6. The van der Waals surface area contributed by atoms with Gasteiger partial charge in [0.25, 0.3) is 0 Å². The van der Waals surface area contributed by atoms with Gasteiger partial charge in [-0.3, -0.25) is 4.79 Å². The van der Waals surface area contributed by atoms with Gasteiger partial charge in [-0.2, -0.15) is 5.10 Å². The van der Waals surface area contributed by atoms with Crippen LogP contribution in [0.3, 0.4) is 0 Å². The molecule has 2 aromatic rings. The quantitative estimate of drug-likeness (QED) is 0.762. The van der Waals surface area contributed by atoms with Crippen LogP contribution in [0.2, 0.25) is 0 Å². The standard InChI is InChI=1S/C18H23N5O4.ClH/c1-13-11-16(23(20-13)14-5-3-2-4-6-14)27-18(26)22-9-7-21(8-10-22)17(25)15(19)12-24;/h2-6,11,15,24H,7-10,12,19H2,1H3;1H/t15-;/m0./s1. The molecule has 0 aliphatic carbocycles. The SMILES string of the molecule is Cc1cc(OC(=O)N2CCN(C(=O)[C@@H](N)CO)CC2)n(-c2ccccc2)n1.Cl. The van der Waals surface area contributed by atoms with Crippen molar-refractivity contribution in [1.82, 2.24) is 19.6 Å². The fourth-order valence-corrected chi connectivity index (χ4v) is 2.88. The molecule has 1 fully saturated rings. The van der Waals surface area contributed by atoms with E-state index in [1.54, 1.807) is 15.6 Å². The lowest BCUT2D eigenvalue weighted by Gasteiger charge is -2.34. The van der Waals surface area contributed by atoms with Gasteiger partial charge in [0.15, 0.2) is 0 Å². The number of carbonyl (C=O) groups is 2. The highest BCUT2D eigenvalue weighted by Gasteiger charge is 2.28. The molecule has 1 saturated heterocycles. The molecule has 0 radical (unpaired) electrons. The topological polar surface area (TPSA) is 114 Å². The summed E-state index contributed by atoms with van der Waals surface area (Å²) in [5.41, 5.74) is 7.09. The highest BCUT2D eigenvalue weighted by Crippen LogP contribution is 2.20. The predicted octanol–water partition coefficient (Wildman–Crippen LogP) is 0.565. The van der Waals surface area contributed by atoms with E-state index in [1.165, 1.54) is 4.90 Å². The van der Waals surface area contributed by atoms with Gasteiger partial charge in [0.2, 0.25) is 11.8 Å². The molecule has 3 N–H and O–H groups in total. The molecule has 152 valence electrons. The lowest BCUT2D eigenvalue weighted by atomic mass is 10.2. The number of benzene rings is 1. The molecule has 2 amide bonds. The molecule has 1 aliphatic rings. The Balaban J connectivity index is 0.00000280. The maximum Gasteiger partial charge on any atom is 0.416 e. The van der Waals surface area contributed by atoms with E-state index >= 15 is 0 Å². The van der Waals surface area contributed by atoms with E-state index in [9.17, 15) is 9.59 Å². The second kappa shape index (κ2) is 9.54. The van der Waals surface area contributed by atoms with E-state index in [4.69, 9.17) is 15.6 Å². The van der Waals surface area contributed by atoms with E-state index in [2.05, 4.69) is 5.10 Å². The largest absolute Gasteiger partial charge is 0.416 e. The predicted molar refractivity (Wildman–Crippen MR) is 105 cm³/mol. The summed E-state index contributed by atoms with van der Waals surface area (Å²) >= 11 is 0. The number of halogens is 1. The molecule has 0 unspecified atom stereocenters. The summed E-state index contributed by atoms with van der Waals surface area (Å²) < 4.78 is 7.12. The third-order valence-corrected chi connectivity index (χ3v) is 4.35. The number of aryl methyl sites for hydroxylation is 1. The molecular formula is C18H24ClN5O4. The summed E-state index contributed by atoms with van der Waals surface area (Å²) in [6.07, 6.45) is -0.495. The van der Waals surface area contributed by atoms with E-state index < -0.39 is 18.7 Å². The Morgan fingerprint density at radius 1 is 1.18 bits per heavy atom. The van der Waals surface area contributed by atoms with E-state index in [0.29, 0.717) is 32.1 Å². The highest BCUT2D eigenvalue weighted by atomic mass is 35.5. The van der Waals surface area contributed by atoms with Crippen LogP contribution in [0.4, 0.5) is 4.79 Å². The van der Waals surface area contributed by atoms with Crippen molar-refractivity contribution in [2.75, 3.05) is 32.8 Å². The minimum Gasteiger partial charge on any atom is -0.394 e. The van der Waals surface area contributed by atoms with Gasteiger partial charge in [0, 0.05) is 32.2 Å². The summed E-state index contributed by atoms with van der Waals surface area (Å²) in [6.45, 7) is 2.79. The number of nitrogens with zero attached hydrogens (tertiary/aromatic N) is 4. The number of aliphatic hydroxyl groups excluding tert-OH is 1. The van der Waals surface area contributed by atoms with Gasteiger partial charge in [0.1, 0.15) is 6.04 Å². The van der Waals surface area contributed by atoms with Crippen LogP contribution in [0.1, 0.15) is 5.69 Å². The number of ether oxygens (including phenoxy) is 1. The van der Waals surface area contributed by atoms with Gasteiger partial charge >= 0.3 is 6.09 Å². The minimum atomic E-state index is -0.924. The molecule has 28 heavy (non-hydrogen) atoms. The zero-order chi connectivity index (χ0) is 19.4. The van der Waals surface area contributed by atoms with Crippen LogP contribution in [0, 0.1) is 6.92 Å². The maximum absolute atomic E-state index is 12.5. The normalized spacial score (nSPS) is 15.0. The van der Waals surface area contributed by atoms with Crippen molar-refractivity contribution in [2.45, 2.75) is 13.0 Å². The van der Waals surface area contributed by atoms with Crippen molar-refractivity contribution in [3.05, 3.63) is 42.1 Å². The van der Waals surface area contributed by atoms with Gasteiger partial charge in [-0.15, -0.1) is 12.4 Å². The Morgan fingerprint density at radius 2 is 1.79 bits per heavy atom. The molecule has 1 aromatic heterocycles. The smallest absolute Gasteiger partial charge is 0.394 e. The van der Waals surface area contributed by atoms with Crippen molar-refractivity contribution in [2.24, 2.45) is 5.73 Å². The van der Waals surface area contributed by atoms with Crippen LogP contribution in [0.25, 0.3) is 5.69 Å². The fourth-order valence-electron chi connectivity index (χ4n) is 2.88. The lowest BCUT2D eigenvalue weighted by molar-refractivity contribution is -0.135. The Hall–Kier alpha value is -2.62. The van der Waals surface area contributed by atoms with Crippen LogP contribution in [0.5, 0.6) is 5.88 Å². The number of amides is 2. The summed E-state index contributed by atoms with van der Waals surface area (Å²) in [5.74, 6) is 0.0211. The van der Waals surface area contributed by atoms with Gasteiger partial charge < -0.3 is 25.4 Å². The number of para-hydroxylation sites is 1. The van der Waals surface area contributed by atoms with Crippen LogP contribution in [-0.4, -0.2) is 75.5 Å². The Kier molecular flexibility index (Phi) is 7.38. The van der Waals surface area contributed by atoms with Gasteiger partial charge in [0.05, 0.1) is 18.0 Å². The highest BCUT2D eigenvalue weighted by molar-refractivity contribution is 5.85. The van der Waals surface area contributed by atoms with Crippen LogP contribution < -0.4 is 10.5 Å². The number of carbonyl (C=O) groups excluding carboxylic acids is 2. The molecule has 1 aromatic carbocycles. The average Bonchev–Trinajstić information content (AvgIpc) is 3.07. The molecule has 3 rings (SSSR count). The number of hydrogen-bond donors (Lipinski definition) is 2. The molecule has 9 nitrogen and oxygen atoms in total. The Morgan fingerprint density at radius 3 is 2.39 bits per heavy atom. The van der Waals surface area contributed by atoms with Crippen molar-refractivity contribution in [3.8, 4) is 11.6 Å². The molecule has 0 saturated carbocycles. The van der Waals surface area contributed by atoms with Gasteiger partial charge in [-0.05, 0) is 19.1 Å². The fraction of sp³-hybridized carbons (Fsp3) is 0.389. The van der Waals surface area contributed by atoms with Crippen LogP contribution in [0.15, 0.2) is 36.4 Å². The summed E-state index contributed by atoms with van der Waals surface area (Å²) in [4.78, 5) is 27.6. The maximum atomic E-state index is 12.5. The second-order valence-electron chi connectivity index (χ2n) is 6.34. The first-order valence-corrected chi connectivity index (χ1v) is 8.73. The molecule has 1 aliphatic heterocycles. The van der Waals surface area contributed by atoms with Gasteiger partial charge in [-0.25, -0.2) is 9.48 Å². The number of aliphatic hydroxyl groups is 1. The Bertz CT molecular complexity index is 806. The lowest BCUT2D eigenvalue weighted by Crippen LogP contribution is -2.55. The third kappa shape index (κ3) is 4.80. The van der Waals surface area contributed by atoms with E-state index in [-0.39, 0.29) is 18.3 Å². The summed E-state index contributed by atoms with van der Waals surface area (Å²) in [7, 11) is 0. The number of rotatable bonds is 4. The first-order valence-electron chi connectivity index (χ1n) is 8.73. The molecule has 0 spiro atoms. The van der Waals surface area contributed by atoms with Crippen LogP contribution >= 0.6 is 12.4 Å². The zero-order valence-corrected chi connectivity index (χ0v) is 16.3. The summed E-state index contributed by atoms with van der Waals surface area (Å²) in [6, 6.07) is 10.2. The van der Waals surface area contributed by atoms with E-state index in [0.717, 1.165) is 11.4 Å². The second-order valence-corrected chi connectivity index (χ2v) is 6.34. The zero-order valence-electron chi connectivity index (χ0n) is 15.5. The molecule has 1 atom stereocenters. The number of piperazine rings is 1. The van der Waals surface area contributed by atoms with E-state index in [1.807, 2.05) is 37.3 Å². The molecular weight excluding hydrogens is 386 g/mol. The molecule has 2 heterocycles. The monoisotopic (exact) mass is 409 g/mol. The first kappa shape index (κ1) is 21.7. The minimum absolute atomic E-state index is 0. The van der Waals surface area contributed by atoms with Crippen molar-refractivity contribution in [1.29, 1.82) is 0 Å². The summed E-state index contributed by atoms with van der Waals surface area (Å²) in [5, 5.41) is 13.4. The molecule has 0 bridgehead atoms. The first-order chi connectivity index (χ1) is 13.0.